The van der Waals surface area contributed by atoms with E-state index < -0.39 is 17.7 Å². The summed E-state index contributed by atoms with van der Waals surface area (Å²) in [5.41, 5.74) is 1.75. The van der Waals surface area contributed by atoms with Crippen molar-refractivity contribution in [2.75, 3.05) is 43.6 Å². The lowest BCUT2D eigenvalue weighted by Crippen LogP contribution is -2.36. The first kappa shape index (κ1) is 17.9. The van der Waals surface area contributed by atoms with Gasteiger partial charge in [-0.1, -0.05) is 6.07 Å². The Hall–Kier alpha value is -2.93. The number of rotatable bonds is 4. The minimum absolute atomic E-state index is 0.196. The van der Waals surface area contributed by atoms with Crippen LogP contribution in [0.3, 0.4) is 0 Å². The van der Waals surface area contributed by atoms with Gasteiger partial charge in [0, 0.05) is 18.7 Å². The molecule has 1 heterocycles. The maximum atomic E-state index is 13.4. The zero-order valence-corrected chi connectivity index (χ0v) is 14.3. The summed E-state index contributed by atoms with van der Waals surface area (Å²) in [7, 11) is 1.29. The lowest BCUT2D eigenvalue weighted by atomic mass is 10.1. The summed E-state index contributed by atoms with van der Waals surface area (Å²) < 4.78 is 23.5. The Bertz CT molecular complexity index is 819. The van der Waals surface area contributed by atoms with Gasteiger partial charge >= 0.3 is 5.97 Å². The Kier molecular flexibility index (Phi) is 5.48. The van der Waals surface area contributed by atoms with Crippen molar-refractivity contribution in [2.45, 2.75) is 0 Å². The monoisotopic (exact) mass is 358 g/mol. The second kappa shape index (κ2) is 7.97. The van der Waals surface area contributed by atoms with Gasteiger partial charge in [0.05, 0.1) is 37.3 Å². The summed E-state index contributed by atoms with van der Waals surface area (Å²) in [6.45, 7) is 2.49. The van der Waals surface area contributed by atoms with Crippen LogP contribution in [0.2, 0.25) is 0 Å². The Labute approximate surface area is 150 Å². The zero-order chi connectivity index (χ0) is 18.5. The SMILES string of the molecule is COC(=O)c1ccc(N2CCOCC2)c(NC(=O)c2cccc(F)c2)c1. The molecular weight excluding hydrogens is 339 g/mol. The van der Waals surface area contributed by atoms with Crippen LogP contribution in [0.5, 0.6) is 0 Å². The molecular formula is C19H19FN2O4. The number of carbonyl (C=O) groups excluding carboxylic acids is 2. The van der Waals surface area contributed by atoms with Crippen LogP contribution >= 0.6 is 0 Å². The molecule has 0 saturated carbocycles. The first-order valence-corrected chi connectivity index (χ1v) is 8.20. The molecule has 2 aromatic carbocycles. The number of esters is 1. The Balaban J connectivity index is 1.93. The van der Waals surface area contributed by atoms with Crippen LogP contribution in [-0.4, -0.2) is 45.3 Å². The molecule has 0 aromatic heterocycles. The van der Waals surface area contributed by atoms with Crippen LogP contribution in [0.25, 0.3) is 0 Å². The fourth-order valence-electron chi connectivity index (χ4n) is 2.79. The first-order valence-electron chi connectivity index (χ1n) is 8.20. The van der Waals surface area contributed by atoms with Crippen molar-refractivity contribution in [3.8, 4) is 0 Å². The second-order valence-corrected chi connectivity index (χ2v) is 5.79. The van der Waals surface area contributed by atoms with Crippen molar-refractivity contribution < 1.29 is 23.5 Å². The molecule has 0 spiro atoms. The molecule has 0 radical (unpaired) electrons. The molecule has 136 valence electrons. The number of nitrogens with one attached hydrogen (secondary N) is 1. The van der Waals surface area contributed by atoms with Gasteiger partial charge in [0.2, 0.25) is 0 Å². The van der Waals surface area contributed by atoms with Crippen molar-refractivity contribution in [2.24, 2.45) is 0 Å². The van der Waals surface area contributed by atoms with Crippen LogP contribution < -0.4 is 10.2 Å². The van der Waals surface area contributed by atoms with Gasteiger partial charge in [0.25, 0.3) is 5.91 Å². The van der Waals surface area contributed by atoms with Gasteiger partial charge in [-0.25, -0.2) is 9.18 Å². The van der Waals surface area contributed by atoms with Crippen LogP contribution in [0.15, 0.2) is 42.5 Å². The van der Waals surface area contributed by atoms with Crippen LogP contribution in [0.4, 0.5) is 15.8 Å². The normalized spacial score (nSPS) is 14.0. The molecule has 1 aliphatic rings. The quantitative estimate of drug-likeness (QED) is 0.851. The second-order valence-electron chi connectivity index (χ2n) is 5.79. The minimum Gasteiger partial charge on any atom is -0.465 e. The molecule has 1 saturated heterocycles. The molecule has 0 atom stereocenters. The lowest BCUT2D eigenvalue weighted by Gasteiger charge is -2.30. The number of ether oxygens (including phenoxy) is 2. The molecule has 6 nitrogen and oxygen atoms in total. The van der Waals surface area contributed by atoms with Crippen molar-refractivity contribution in [3.63, 3.8) is 0 Å². The number of anilines is 2. The minimum atomic E-state index is -0.500. The predicted molar refractivity (Wildman–Crippen MR) is 95.2 cm³/mol. The maximum Gasteiger partial charge on any atom is 0.337 e. The summed E-state index contributed by atoms with van der Waals surface area (Å²) in [4.78, 5) is 26.4. The van der Waals surface area contributed by atoms with Gasteiger partial charge in [0.1, 0.15) is 5.82 Å². The fourth-order valence-corrected chi connectivity index (χ4v) is 2.79. The van der Waals surface area contributed by atoms with Crippen LogP contribution in [-0.2, 0) is 9.47 Å². The average molecular weight is 358 g/mol. The van der Waals surface area contributed by atoms with E-state index in [2.05, 4.69) is 10.2 Å². The van der Waals surface area contributed by atoms with E-state index in [-0.39, 0.29) is 5.56 Å². The molecule has 2 aromatic rings. The predicted octanol–water partition coefficient (Wildman–Crippen LogP) is 2.70. The number of hydrogen-bond donors (Lipinski definition) is 1. The summed E-state index contributed by atoms with van der Waals surface area (Å²) in [5, 5.41) is 2.77. The highest BCUT2D eigenvalue weighted by Crippen LogP contribution is 2.29. The highest BCUT2D eigenvalue weighted by atomic mass is 19.1. The molecule has 1 N–H and O–H groups in total. The third-order valence-corrected chi connectivity index (χ3v) is 4.10. The summed E-state index contributed by atoms with van der Waals surface area (Å²) in [5.74, 6) is -1.45. The number of methoxy groups -OCH3 is 1. The molecule has 1 amide bonds. The number of morpholine rings is 1. The molecule has 0 bridgehead atoms. The fraction of sp³-hybridized carbons (Fsp3) is 0.263. The van der Waals surface area contributed by atoms with E-state index in [1.54, 1.807) is 18.2 Å². The average Bonchev–Trinajstić information content (AvgIpc) is 2.68. The molecule has 1 aliphatic heterocycles. The lowest BCUT2D eigenvalue weighted by molar-refractivity contribution is 0.0600. The van der Waals surface area contributed by atoms with E-state index in [9.17, 15) is 14.0 Å². The maximum absolute atomic E-state index is 13.4. The van der Waals surface area contributed by atoms with Gasteiger partial charge in [-0.15, -0.1) is 0 Å². The summed E-state index contributed by atoms with van der Waals surface area (Å²) >= 11 is 0. The summed E-state index contributed by atoms with van der Waals surface area (Å²) in [6, 6.07) is 10.4. The van der Waals surface area contributed by atoms with Crippen molar-refractivity contribution in [1.29, 1.82) is 0 Å². The van der Waals surface area contributed by atoms with Gasteiger partial charge < -0.3 is 19.7 Å². The van der Waals surface area contributed by atoms with Gasteiger partial charge in [-0.05, 0) is 36.4 Å². The van der Waals surface area contributed by atoms with Gasteiger partial charge in [-0.2, -0.15) is 0 Å². The zero-order valence-electron chi connectivity index (χ0n) is 14.3. The van der Waals surface area contributed by atoms with E-state index >= 15 is 0 Å². The van der Waals surface area contributed by atoms with Crippen LogP contribution in [0, 0.1) is 5.82 Å². The third kappa shape index (κ3) is 4.00. The Morgan fingerprint density at radius 3 is 2.58 bits per heavy atom. The van der Waals surface area contributed by atoms with E-state index in [0.29, 0.717) is 37.6 Å². The van der Waals surface area contributed by atoms with E-state index in [0.717, 1.165) is 11.8 Å². The third-order valence-electron chi connectivity index (χ3n) is 4.10. The highest BCUT2D eigenvalue weighted by molar-refractivity contribution is 6.06. The van der Waals surface area contributed by atoms with E-state index in [4.69, 9.17) is 9.47 Å². The van der Waals surface area contributed by atoms with E-state index in [1.165, 1.54) is 25.3 Å². The highest BCUT2D eigenvalue weighted by Gasteiger charge is 2.19. The number of benzene rings is 2. The smallest absolute Gasteiger partial charge is 0.337 e. The molecule has 7 heteroatoms. The summed E-state index contributed by atoms with van der Waals surface area (Å²) in [6.07, 6.45) is 0. The molecule has 3 rings (SSSR count). The number of hydrogen-bond acceptors (Lipinski definition) is 5. The van der Waals surface area contributed by atoms with Crippen molar-refractivity contribution in [1.82, 2.24) is 0 Å². The molecule has 26 heavy (non-hydrogen) atoms. The number of amides is 1. The molecule has 0 aliphatic carbocycles. The van der Waals surface area contributed by atoms with E-state index in [1.807, 2.05) is 0 Å². The van der Waals surface area contributed by atoms with Gasteiger partial charge in [0.15, 0.2) is 0 Å². The van der Waals surface area contributed by atoms with Crippen molar-refractivity contribution in [3.05, 3.63) is 59.4 Å². The largest absolute Gasteiger partial charge is 0.465 e. The van der Waals surface area contributed by atoms with Gasteiger partial charge in [-0.3, -0.25) is 4.79 Å². The number of nitrogens with zero attached hydrogens (tertiary/aromatic N) is 1. The number of carbonyl (C=O) groups is 2. The molecule has 1 fully saturated rings. The number of halogens is 1. The molecule has 0 unspecified atom stereocenters. The Morgan fingerprint density at radius 1 is 1.12 bits per heavy atom. The van der Waals surface area contributed by atoms with Crippen LogP contribution in [0.1, 0.15) is 20.7 Å². The first-order chi connectivity index (χ1) is 12.6. The van der Waals surface area contributed by atoms with Crippen molar-refractivity contribution >= 4 is 23.3 Å². The topological polar surface area (TPSA) is 67.9 Å². The Morgan fingerprint density at radius 2 is 1.88 bits per heavy atom. The standard InChI is InChI=1S/C19H19FN2O4/c1-25-19(24)14-5-6-17(22-7-9-26-10-8-22)16(12-14)21-18(23)13-3-2-4-15(20)11-13/h2-6,11-12H,7-10H2,1H3,(H,21,23).